The Balaban J connectivity index is 1.71. The Hall–Kier alpha value is -2.12. The molecule has 0 aliphatic heterocycles. The van der Waals surface area contributed by atoms with Gasteiger partial charge in [0.05, 0.1) is 10.2 Å². The maximum atomic E-state index is 12.3. The van der Waals surface area contributed by atoms with Gasteiger partial charge in [0.1, 0.15) is 5.75 Å². The number of benzene rings is 2. The van der Waals surface area contributed by atoms with Crippen LogP contribution in [0.2, 0.25) is 0 Å². The number of anilines is 1. The Morgan fingerprint density at radius 1 is 1.25 bits per heavy atom. The molecule has 24 heavy (non-hydrogen) atoms. The predicted octanol–water partition coefficient (Wildman–Crippen LogP) is 3.77. The second kappa shape index (κ2) is 6.78. The lowest BCUT2D eigenvalue weighted by atomic mass is 10.2. The lowest BCUT2D eigenvalue weighted by Gasteiger charge is -2.15. The van der Waals surface area contributed by atoms with E-state index in [9.17, 15) is 9.59 Å². The van der Waals surface area contributed by atoms with E-state index in [0.29, 0.717) is 11.4 Å². The summed E-state index contributed by atoms with van der Waals surface area (Å²) in [6.45, 7) is 1.69. The fourth-order valence-corrected chi connectivity index (χ4v) is 3.41. The van der Waals surface area contributed by atoms with E-state index >= 15 is 0 Å². The van der Waals surface area contributed by atoms with Crippen molar-refractivity contribution in [2.45, 2.75) is 13.0 Å². The van der Waals surface area contributed by atoms with Crippen molar-refractivity contribution in [2.75, 3.05) is 5.32 Å². The third-order valence-corrected chi connectivity index (χ3v) is 5.08. The van der Waals surface area contributed by atoms with E-state index in [2.05, 4.69) is 21.2 Å². The van der Waals surface area contributed by atoms with Gasteiger partial charge in [-0.25, -0.2) is 0 Å². The van der Waals surface area contributed by atoms with E-state index < -0.39 is 6.10 Å². The van der Waals surface area contributed by atoms with Crippen LogP contribution in [0, 0.1) is 0 Å². The number of halogens is 1. The summed E-state index contributed by atoms with van der Waals surface area (Å²) in [6.07, 6.45) is -0.642. The van der Waals surface area contributed by atoms with Gasteiger partial charge in [-0.3, -0.25) is 9.59 Å². The summed E-state index contributed by atoms with van der Waals surface area (Å²) in [5.74, 6) is 0.373. The summed E-state index contributed by atoms with van der Waals surface area (Å²) in [5.41, 5.74) is 1.49. The molecule has 0 spiro atoms. The first-order valence-electron chi connectivity index (χ1n) is 7.27. The van der Waals surface area contributed by atoms with Gasteiger partial charge >= 0.3 is 4.87 Å². The zero-order valence-corrected chi connectivity index (χ0v) is 15.5. The first-order chi connectivity index (χ1) is 11.4. The zero-order chi connectivity index (χ0) is 17.3. The van der Waals surface area contributed by atoms with Gasteiger partial charge in [0.15, 0.2) is 6.10 Å². The number of ether oxygens (including phenoxy) is 1. The Kier molecular flexibility index (Phi) is 4.73. The van der Waals surface area contributed by atoms with Crippen LogP contribution in [-0.4, -0.2) is 16.6 Å². The number of thiazole rings is 1. The molecule has 1 N–H and O–H groups in total. The molecule has 0 saturated heterocycles. The number of hydrogen-bond donors (Lipinski definition) is 1. The van der Waals surface area contributed by atoms with Crippen LogP contribution in [0.1, 0.15) is 6.92 Å². The van der Waals surface area contributed by atoms with Crippen LogP contribution in [-0.2, 0) is 11.8 Å². The van der Waals surface area contributed by atoms with E-state index in [1.54, 1.807) is 42.8 Å². The molecule has 0 saturated carbocycles. The molecule has 3 rings (SSSR count). The Labute approximate surface area is 151 Å². The summed E-state index contributed by atoms with van der Waals surface area (Å²) in [4.78, 5) is 23.9. The molecule has 124 valence electrons. The highest BCUT2D eigenvalue weighted by molar-refractivity contribution is 9.10. The first kappa shape index (κ1) is 16.7. The molecule has 0 aliphatic rings. The summed E-state index contributed by atoms with van der Waals surface area (Å²) >= 11 is 4.51. The molecular formula is C17H15BrN2O3S. The molecule has 0 radical (unpaired) electrons. The fourth-order valence-electron chi connectivity index (χ4n) is 2.23. The molecule has 5 nitrogen and oxygen atoms in total. The van der Waals surface area contributed by atoms with Crippen LogP contribution in [0.5, 0.6) is 5.75 Å². The highest BCUT2D eigenvalue weighted by Gasteiger charge is 2.15. The van der Waals surface area contributed by atoms with Crippen LogP contribution in [0.4, 0.5) is 5.69 Å². The van der Waals surface area contributed by atoms with Gasteiger partial charge in [-0.1, -0.05) is 27.3 Å². The summed E-state index contributed by atoms with van der Waals surface area (Å²) in [6, 6.07) is 12.7. The lowest BCUT2D eigenvalue weighted by molar-refractivity contribution is -0.122. The van der Waals surface area contributed by atoms with Crippen LogP contribution in [0.3, 0.4) is 0 Å². The molecule has 0 aliphatic carbocycles. The third kappa shape index (κ3) is 3.52. The summed E-state index contributed by atoms with van der Waals surface area (Å²) in [7, 11) is 1.73. The van der Waals surface area contributed by atoms with Crippen molar-refractivity contribution >= 4 is 49.1 Å². The minimum Gasteiger partial charge on any atom is -0.481 e. The van der Waals surface area contributed by atoms with Gasteiger partial charge in [-0.15, -0.1) is 0 Å². The van der Waals surface area contributed by atoms with Crippen LogP contribution < -0.4 is 14.9 Å². The maximum Gasteiger partial charge on any atom is 0.307 e. The highest BCUT2D eigenvalue weighted by Crippen LogP contribution is 2.22. The van der Waals surface area contributed by atoms with Crippen LogP contribution in [0.15, 0.2) is 51.7 Å². The van der Waals surface area contributed by atoms with Crippen molar-refractivity contribution in [1.82, 2.24) is 4.57 Å². The molecule has 0 fully saturated rings. The van der Waals surface area contributed by atoms with Crippen LogP contribution in [0.25, 0.3) is 10.2 Å². The molecule has 1 aromatic heterocycles. The van der Waals surface area contributed by atoms with Crippen molar-refractivity contribution < 1.29 is 9.53 Å². The molecular weight excluding hydrogens is 392 g/mol. The third-order valence-electron chi connectivity index (χ3n) is 3.56. The van der Waals surface area contributed by atoms with Crippen molar-refractivity contribution in [2.24, 2.45) is 7.05 Å². The highest BCUT2D eigenvalue weighted by atomic mass is 79.9. The van der Waals surface area contributed by atoms with Gasteiger partial charge in [0.25, 0.3) is 5.91 Å². The molecule has 0 bridgehead atoms. The zero-order valence-electron chi connectivity index (χ0n) is 13.1. The lowest BCUT2D eigenvalue weighted by Crippen LogP contribution is -2.30. The number of hydrogen-bond acceptors (Lipinski definition) is 4. The second-order valence-electron chi connectivity index (χ2n) is 5.31. The van der Waals surface area contributed by atoms with Gasteiger partial charge in [-0.05, 0) is 49.4 Å². The largest absolute Gasteiger partial charge is 0.481 e. The molecule has 1 amide bonds. The average Bonchev–Trinajstić information content (AvgIpc) is 2.83. The van der Waals surface area contributed by atoms with Crippen molar-refractivity contribution in [3.8, 4) is 5.75 Å². The number of carbonyl (C=O) groups is 1. The van der Waals surface area contributed by atoms with Crippen molar-refractivity contribution in [1.29, 1.82) is 0 Å². The predicted molar refractivity (Wildman–Crippen MR) is 99.9 cm³/mol. The van der Waals surface area contributed by atoms with E-state index in [1.807, 2.05) is 18.2 Å². The number of nitrogens with zero attached hydrogens (tertiary/aromatic N) is 1. The Morgan fingerprint density at radius 2 is 1.96 bits per heavy atom. The van der Waals surface area contributed by atoms with Crippen LogP contribution >= 0.6 is 27.3 Å². The van der Waals surface area contributed by atoms with Crippen molar-refractivity contribution in [3.63, 3.8) is 0 Å². The number of amides is 1. The van der Waals surface area contributed by atoms with E-state index in [0.717, 1.165) is 26.0 Å². The van der Waals surface area contributed by atoms with Gasteiger partial charge in [-0.2, -0.15) is 0 Å². The van der Waals surface area contributed by atoms with Crippen molar-refractivity contribution in [3.05, 3.63) is 56.6 Å². The monoisotopic (exact) mass is 406 g/mol. The number of nitrogens with one attached hydrogen (secondary N) is 1. The summed E-state index contributed by atoms with van der Waals surface area (Å²) in [5, 5.41) is 2.82. The summed E-state index contributed by atoms with van der Waals surface area (Å²) < 4.78 is 9.00. The number of rotatable bonds is 4. The van der Waals surface area contributed by atoms with Gasteiger partial charge in [0.2, 0.25) is 0 Å². The smallest absolute Gasteiger partial charge is 0.307 e. The van der Waals surface area contributed by atoms with Gasteiger partial charge < -0.3 is 14.6 Å². The molecule has 3 aromatic rings. The number of aromatic nitrogens is 1. The van der Waals surface area contributed by atoms with E-state index in [4.69, 9.17) is 4.74 Å². The molecule has 1 heterocycles. The standard InChI is InChI=1S/C17H15BrN2O3S/c1-10(23-13-6-3-11(18)4-7-13)16(21)19-12-5-8-14-15(9-12)24-17(22)20(14)2/h3-10H,1-2H3,(H,19,21). The average molecular weight is 407 g/mol. The van der Waals surface area contributed by atoms with E-state index in [-0.39, 0.29) is 10.8 Å². The minimum absolute atomic E-state index is 0.0274. The Bertz CT molecular complexity index is 947. The Morgan fingerprint density at radius 3 is 2.67 bits per heavy atom. The number of carbonyl (C=O) groups excluding carboxylic acids is 1. The topological polar surface area (TPSA) is 60.3 Å². The quantitative estimate of drug-likeness (QED) is 0.717. The molecule has 1 unspecified atom stereocenters. The molecule has 7 heteroatoms. The molecule has 2 aromatic carbocycles. The number of fused-ring (bicyclic) bond motifs is 1. The molecule has 1 atom stereocenters. The normalized spacial score (nSPS) is 12.1. The number of aryl methyl sites for hydroxylation is 1. The minimum atomic E-state index is -0.642. The fraction of sp³-hybridized carbons (Fsp3) is 0.176. The second-order valence-corrected chi connectivity index (χ2v) is 7.22. The van der Waals surface area contributed by atoms with E-state index in [1.165, 1.54) is 0 Å². The SMILES string of the molecule is CC(Oc1ccc(Br)cc1)C(=O)Nc1ccc2c(c1)sc(=O)n2C. The van der Waals surface area contributed by atoms with Gasteiger partial charge in [0, 0.05) is 17.2 Å². The first-order valence-corrected chi connectivity index (χ1v) is 8.87. The maximum absolute atomic E-state index is 12.3.